The second-order valence-corrected chi connectivity index (χ2v) is 9.85. The first-order chi connectivity index (χ1) is 14.4. The molecule has 3 rings (SSSR count). The lowest BCUT2D eigenvalue weighted by Gasteiger charge is -2.08. The molecule has 1 amide bonds. The van der Waals surface area contributed by atoms with E-state index in [0.29, 0.717) is 17.7 Å². The van der Waals surface area contributed by atoms with E-state index in [9.17, 15) is 13.2 Å². The Kier molecular flexibility index (Phi) is 7.73. The molecule has 0 aliphatic carbocycles. The number of carbonyl (C=O) groups excluding carboxylic acids is 1. The van der Waals surface area contributed by atoms with Crippen LogP contribution in [0.15, 0.2) is 61.2 Å². The minimum atomic E-state index is -3.39. The van der Waals surface area contributed by atoms with Crippen molar-refractivity contribution in [1.29, 1.82) is 0 Å². The number of hydrogen-bond acceptors (Lipinski definition) is 5. The van der Waals surface area contributed by atoms with Crippen molar-refractivity contribution >= 4 is 43.2 Å². The molecule has 0 saturated carbocycles. The van der Waals surface area contributed by atoms with Gasteiger partial charge >= 0.3 is 0 Å². The summed E-state index contributed by atoms with van der Waals surface area (Å²) in [5.41, 5.74) is 2.34. The number of nitrogens with one attached hydrogen (secondary N) is 2. The number of aryl methyl sites for hydroxylation is 1. The van der Waals surface area contributed by atoms with E-state index >= 15 is 0 Å². The van der Waals surface area contributed by atoms with Gasteiger partial charge in [0.2, 0.25) is 15.9 Å². The number of unbranched alkanes of at least 4 members (excludes halogenated alkanes) is 1. The average molecular weight is 444 g/mol. The summed E-state index contributed by atoms with van der Waals surface area (Å²) in [6, 6.07) is 14.9. The number of benzene rings is 2. The van der Waals surface area contributed by atoms with Gasteiger partial charge in [-0.1, -0.05) is 30.3 Å². The second kappa shape index (κ2) is 10.5. The van der Waals surface area contributed by atoms with E-state index in [1.165, 1.54) is 10.8 Å². The third-order valence-electron chi connectivity index (χ3n) is 4.42. The molecule has 3 aromatic rings. The highest BCUT2D eigenvalue weighted by Crippen LogP contribution is 2.23. The van der Waals surface area contributed by atoms with Crippen LogP contribution in [0.1, 0.15) is 29.8 Å². The van der Waals surface area contributed by atoms with Crippen LogP contribution in [-0.2, 0) is 27.0 Å². The van der Waals surface area contributed by atoms with Crippen molar-refractivity contribution < 1.29 is 13.2 Å². The third kappa shape index (κ3) is 6.76. The lowest BCUT2D eigenvalue weighted by molar-refractivity contribution is -0.116. The Hall–Kier alpha value is -2.55. The van der Waals surface area contributed by atoms with Gasteiger partial charge in [-0.15, -0.1) is 17.9 Å². The molecule has 0 aliphatic rings. The zero-order chi connectivity index (χ0) is 21.4. The maximum atomic E-state index is 12.2. The molecule has 0 unspecified atom stereocenters. The number of amides is 1. The van der Waals surface area contributed by atoms with Crippen LogP contribution in [0.25, 0.3) is 10.2 Å². The molecule has 1 aromatic heterocycles. The summed E-state index contributed by atoms with van der Waals surface area (Å²) in [5, 5.41) is 3.96. The summed E-state index contributed by atoms with van der Waals surface area (Å²) >= 11 is 1.70. The van der Waals surface area contributed by atoms with Crippen LogP contribution in [0.2, 0.25) is 0 Å². The van der Waals surface area contributed by atoms with Crippen molar-refractivity contribution in [1.82, 2.24) is 9.71 Å². The van der Waals surface area contributed by atoms with Gasteiger partial charge in [-0.25, -0.2) is 18.1 Å². The van der Waals surface area contributed by atoms with E-state index in [4.69, 9.17) is 0 Å². The minimum absolute atomic E-state index is 0.0488. The summed E-state index contributed by atoms with van der Waals surface area (Å²) in [4.78, 5) is 16.8. The molecule has 6 nitrogen and oxygen atoms in total. The monoisotopic (exact) mass is 443 g/mol. The van der Waals surface area contributed by atoms with E-state index in [2.05, 4.69) is 27.7 Å². The number of thiazole rings is 1. The van der Waals surface area contributed by atoms with Crippen molar-refractivity contribution in [3.8, 4) is 0 Å². The Balaban J connectivity index is 1.40. The first-order valence-corrected chi connectivity index (χ1v) is 12.2. The molecule has 0 spiro atoms. The van der Waals surface area contributed by atoms with Crippen LogP contribution in [0.4, 0.5) is 5.69 Å². The number of sulfonamides is 1. The fourth-order valence-corrected chi connectivity index (χ4v) is 5.07. The molecule has 0 atom stereocenters. The normalized spacial score (nSPS) is 11.5. The van der Waals surface area contributed by atoms with Gasteiger partial charge in [0.25, 0.3) is 0 Å². The number of aromatic nitrogens is 1. The highest BCUT2D eigenvalue weighted by molar-refractivity contribution is 7.88. The summed E-state index contributed by atoms with van der Waals surface area (Å²) in [6.45, 7) is 3.69. The van der Waals surface area contributed by atoms with Crippen molar-refractivity contribution in [2.75, 3.05) is 11.9 Å². The van der Waals surface area contributed by atoms with Gasteiger partial charge in [0.1, 0.15) is 0 Å². The first kappa shape index (κ1) is 22.1. The molecule has 8 heteroatoms. The molecule has 30 heavy (non-hydrogen) atoms. The fourth-order valence-electron chi connectivity index (χ4n) is 2.95. The largest absolute Gasteiger partial charge is 0.326 e. The SMILES string of the molecule is C=CCNS(=O)(=O)Cc1ccc(NC(=O)CCCCc2nc3ccccc3s2)cc1. The third-order valence-corrected chi connectivity index (χ3v) is 6.84. The summed E-state index contributed by atoms with van der Waals surface area (Å²) in [5.74, 6) is -0.159. The molecular formula is C22H25N3O3S2. The molecule has 0 fully saturated rings. The van der Waals surface area contributed by atoms with Gasteiger partial charge in [0.05, 0.1) is 21.0 Å². The second-order valence-electron chi connectivity index (χ2n) is 6.92. The van der Waals surface area contributed by atoms with Crippen LogP contribution < -0.4 is 10.0 Å². The smallest absolute Gasteiger partial charge is 0.224 e. The molecule has 2 aromatic carbocycles. The van der Waals surface area contributed by atoms with Crippen LogP contribution in [0.3, 0.4) is 0 Å². The maximum Gasteiger partial charge on any atom is 0.224 e. The fraction of sp³-hybridized carbons (Fsp3) is 0.273. The molecule has 0 radical (unpaired) electrons. The zero-order valence-corrected chi connectivity index (χ0v) is 18.3. The number of hydrogen-bond donors (Lipinski definition) is 2. The van der Waals surface area contributed by atoms with Gasteiger partial charge in [-0.05, 0) is 49.1 Å². The number of carbonyl (C=O) groups is 1. The first-order valence-electron chi connectivity index (χ1n) is 9.77. The number of fused-ring (bicyclic) bond motifs is 1. The van der Waals surface area contributed by atoms with Crippen LogP contribution in [0.5, 0.6) is 0 Å². The predicted molar refractivity (Wildman–Crippen MR) is 123 cm³/mol. The maximum absolute atomic E-state index is 12.2. The lowest BCUT2D eigenvalue weighted by atomic mass is 10.2. The Morgan fingerprint density at radius 2 is 1.87 bits per heavy atom. The number of anilines is 1. The highest BCUT2D eigenvalue weighted by atomic mass is 32.2. The quantitative estimate of drug-likeness (QED) is 0.342. The Labute approximate surface area is 181 Å². The molecule has 2 N–H and O–H groups in total. The molecular weight excluding hydrogens is 418 g/mol. The topological polar surface area (TPSA) is 88.2 Å². The minimum Gasteiger partial charge on any atom is -0.326 e. The summed E-state index contributed by atoms with van der Waals surface area (Å²) in [7, 11) is -3.39. The molecule has 0 bridgehead atoms. The highest BCUT2D eigenvalue weighted by Gasteiger charge is 2.10. The van der Waals surface area contributed by atoms with E-state index in [1.807, 2.05) is 18.2 Å². The number of nitrogens with zero attached hydrogens (tertiary/aromatic N) is 1. The average Bonchev–Trinajstić information content (AvgIpc) is 3.14. The van der Waals surface area contributed by atoms with E-state index in [1.54, 1.807) is 35.6 Å². The van der Waals surface area contributed by atoms with Crippen LogP contribution in [0, 0.1) is 0 Å². The summed E-state index contributed by atoms with van der Waals surface area (Å²) < 4.78 is 27.4. The van der Waals surface area contributed by atoms with Crippen molar-refractivity contribution in [3.63, 3.8) is 0 Å². The van der Waals surface area contributed by atoms with E-state index in [-0.39, 0.29) is 18.2 Å². The molecule has 158 valence electrons. The van der Waals surface area contributed by atoms with Gasteiger partial charge in [0.15, 0.2) is 0 Å². The number of para-hydroxylation sites is 1. The van der Waals surface area contributed by atoms with Gasteiger partial charge in [-0.2, -0.15) is 0 Å². The Bertz CT molecular complexity index is 1070. The standard InChI is InChI=1S/C22H25N3O3S2/c1-2-15-23-30(27,28)16-17-11-13-18(14-12-17)24-21(26)9-5-6-10-22-25-19-7-3-4-8-20(19)29-22/h2-4,7-8,11-14,23H,1,5-6,9-10,15-16H2,(H,24,26). The summed E-state index contributed by atoms with van der Waals surface area (Å²) in [6.07, 6.45) is 4.49. The van der Waals surface area contributed by atoms with Crippen LogP contribution >= 0.6 is 11.3 Å². The Morgan fingerprint density at radius 3 is 2.60 bits per heavy atom. The van der Waals surface area contributed by atoms with Gasteiger partial charge in [-0.3, -0.25) is 4.79 Å². The van der Waals surface area contributed by atoms with E-state index in [0.717, 1.165) is 29.8 Å². The van der Waals surface area contributed by atoms with Crippen molar-refractivity contribution in [2.24, 2.45) is 0 Å². The molecule has 1 heterocycles. The van der Waals surface area contributed by atoms with Crippen LogP contribution in [-0.4, -0.2) is 25.9 Å². The zero-order valence-electron chi connectivity index (χ0n) is 16.6. The molecule has 0 saturated heterocycles. The number of rotatable bonds is 11. The predicted octanol–water partition coefficient (Wildman–Crippen LogP) is 4.25. The van der Waals surface area contributed by atoms with Crippen molar-refractivity contribution in [3.05, 3.63) is 71.8 Å². The van der Waals surface area contributed by atoms with Gasteiger partial charge < -0.3 is 5.32 Å². The Morgan fingerprint density at radius 1 is 1.10 bits per heavy atom. The lowest BCUT2D eigenvalue weighted by Crippen LogP contribution is -2.25. The molecule has 0 aliphatic heterocycles. The van der Waals surface area contributed by atoms with Crippen molar-refractivity contribution in [2.45, 2.75) is 31.4 Å². The van der Waals surface area contributed by atoms with Gasteiger partial charge in [0, 0.05) is 18.7 Å². The van der Waals surface area contributed by atoms with E-state index < -0.39 is 10.0 Å².